The molecule has 0 aliphatic heterocycles. The van der Waals surface area contributed by atoms with Crippen LogP contribution in [0.5, 0.6) is 11.5 Å². The van der Waals surface area contributed by atoms with Gasteiger partial charge in [0.05, 0.1) is 19.4 Å². The van der Waals surface area contributed by atoms with Crippen molar-refractivity contribution < 1.29 is 9.47 Å². The molecule has 0 N–H and O–H groups in total. The van der Waals surface area contributed by atoms with Crippen LogP contribution in [-0.4, -0.2) is 23.3 Å². The Labute approximate surface area is 179 Å². The number of nitrogens with zero attached hydrogens (tertiary/aromatic N) is 2. The summed E-state index contributed by atoms with van der Waals surface area (Å²) in [5.74, 6) is 3.65. The summed E-state index contributed by atoms with van der Waals surface area (Å²) in [5.41, 5.74) is 3.29. The first-order chi connectivity index (χ1) is 14.8. The molecule has 0 saturated heterocycles. The van der Waals surface area contributed by atoms with Gasteiger partial charge in [0, 0.05) is 24.7 Å². The minimum atomic E-state index is 0.688. The second-order valence-corrected chi connectivity index (χ2v) is 8.15. The molecule has 1 saturated carbocycles. The molecule has 0 radical (unpaired) electrons. The third-order valence-corrected chi connectivity index (χ3v) is 6.02. The normalized spacial score (nSPS) is 14.6. The largest absolute Gasteiger partial charge is 0.496 e. The van der Waals surface area contributed by atoms with Crippen LogP contribution < -0.4 is 9.47 Å². The quantitative estimate of drug-likeness (QED) is 0.453. The summed E-state index contributed by atoms with van der Waals surface area (Å²) in [6.07, 6.45) is 9.77. The lowest BCUT2D eigenvalue weighted by Gasteiger charge is -2.22. The predicted molar refractivity (Wildman–Crippen MR) is 121 cm³/mol. The molecule has 2 aromatic carbocycles. The Hall–Kier alpha value is -2.75. The Morgan fingerprint density at radius 2 is 1.77 bits per heavy atom. The van der Waals surface area contributed by atoms with Gasteiger partial charge in [-0.15, -0.1) is 0 Å². The molecule has 4 nitrogen and oxygen atoms in total. The summed E-state index contributed by atoms with van der Waals surface area (Å²) in [5, 5.41) is 0. The number of ether oxygens (including phenoxy) is 2. The molecule has 0 atom stereocenters. The summed E-state index contributed by atoms with van der Waals surface area (Å²) in [6, 6.07) is 16.5. The molecule has 30 heavy (non-hydrogen) atoms. The molecule has 0 amide bonds. The summed E-state index contributed by atoms with van der Waals surface area (Å²) in [6.45, 7) is 3.75. The fraction of sp³-hybridized carbons (Fsp3) is 0.423. The topological polar surface area (TPSA) is 36.3 Å². The Morgan fingerprint density at radius 1 is 1.00 bits per heavy atom. The second-order valence-electron chi connectivity index (χ2n) is 8.15. The monoisotopic (exact) mass is 404 g/mol. The van der Waals surface area contributed by atoms with Crippen molar-refractivity contribution in [3.05, 3.63) is 66.1 Å². The average molecular weight is 405 g/mol. The minimum absolute atomic E-state index is 0.688. The van der Waals surface area contributed by atoms with Crippen molar-refractivity contribution in [1.29, 1.82) is 0 Å². The second kappa shape index (κ2) is 9.84. The van der Waals surface area contributed by atoms with Crippen LogP contribution in [0.1, 0.15) is 50.4 Å². The SMILES string of the molecule is CCOc1ccc(Cc2nc(-c3ccccc3OC)cn2CC2CCCCC2)cc1. The zero-order valence-electron chi connectivity index (χ0n) is 18.1. The third kappa shape index (κ3) is 4.86. The molecule has 1 aliphatic rings. The number of aromatic nitrogens is 2. The van der Waals surface area contributed by atoms with E-state index in [1.165, 1.54) is 37.7 Å². The van der Waals surface area contributed by atoms with Crippen molar-refractivity contribution in [2.24, 2.45) is 5.92 Å². The van der Waals surface area contributed by atoms with Crippen molar-refractivity contribution in [3.8, 4) is 22.8 Å². The Bertz CT molecular complexity index is 940. The molecule has 1 fully saturated rings. The van der Waals surface area contributed by atoms with E-state index < -0.39 is 0 Å². The first-order valence-corrected chi connectivity index (χ1v) is 11.2. The van der Waals surface area contributed by atoms with Crippen molar-refractivity contribution in [2.75, 3.05) is 13.7 Å². The Morgan fingerprint density at radius 3 is 2.50 bits per heavy atom. The molecule has 1 heterocycles. The fourth-order valence-electron chi connectivity index (χ4n) is 4.44. The number of rotatable bonds is 8. The third-order valence-electron chi connectivity index (χ3n) is 6.02. The maximum absolute atomic E-state index is 5.59. The molecule has 4 rings (SSSR count). The molecule has 1 aliphatic carbocycles. The molecule has 4 heteroatoms. The Kier molecular flexibility index (Phi) is 6.73. The standard InChI is InChI=1S/C26H32N2O2/c1-3-30-22-15-13-20(14-16-22)17-26-27-24(23-11-7-8-12-25(23)29-2)19-28(26)18-21-9-5-4-6-10-21/h7-8,11-16,19,21H,3-6,9-10,17-18H2,1-2H3. The van der Waals surface area contributed by atoms with Crippen LogP contribution in [0.25, 0.3) is 11.3 Å². The van der Waals surface area contributed by atoms with Crippen LogP contribution in [0.4, 0.5) is 0 Å². The van der Waals surface area contributed by atoms with E-state index in [1.54, 1.807) is 7.11 Å². The molecule has 0 spiro atoms. The summed E-state index contributed by atoms with van der Waals surface area (Å²) in [4.78, 5) is 5.06. The van der Waals surface area contributed by atoms with Gasteiger partial charge >= 0.3 is 0 Å². The first kappa shape index (κ1) is 20.5. The molecule has 0 bridgehead atoms. The van der Waals surface area contributed by atoms with E-state index in [0.717, 1.165) is 47.5 Å². The van der Waals surface area contributed by atoms with E-state index in [-0.39, 0.29) is 0 Å². The van der Waals surface area contributed by atoms with E-state index in [4.69, 9.17) is 14.5 Å². The number of hydrogen-bond donors (Lipinski definition) is 0. The average Bonchev–Trinajstić information content (AvgIpc) is 3.18. The zero-order chi connectivity index (χ0) is 20.8. The van der Waals surface area contributed by atoms with Gasteiger partial charge in [-0.25, -0.2) is 4.98 Å². The minimum Gasteiger partial charge on any atom is -0.496 e. The van der Waals surface area contributed by atoms with E-state index >= 15 is 0 Å². The van der Waals surface area contributed by atoms with Gasteiger partial charge in [-0.3, -0.25) is 0 Å². The highest BCUT2D eigenvalue weighted by atomic mass is 16.5. The number of benzene rings is 2. The number of hydrogen-bond acceptors (Lipinski definition) is 3. The Balaban J connectivity index is 1.63. The zero-order valence-corrected chi connectivity index (χ0v) is 18.1. The van der Waals surface area contributed by atoms with Crippen LogP contribution in [0.3, 0.4) is 0 Å². The lowest BCUT2D eigenvalue weighted by atomic mass is 9.89. The lowest BCUT2D eigenvalue weighted by molar-refractivity contribution is 0.316. The molecule has 1 aromatic heterocycles. The van der Waals surface area contributed by atoms with Crippen LogP contribution in [0.15, 0.2) is 54.7 Å². The molecular formula is C26H32N2O2. The van der Waals surface area contributed by atoms with Crippen LogP contribution >= 0.6 is 0 Å². The van der Waals surface area contributed by atoms with Gasteiger partial charge in [0.25, 0.3) is 0 Å². The van der Waals surface area contributed by atoms with Gasteiger partial charge in [-0.1, -0.05) is 43.5 Å². The summed E-state index contributed by atoms with van der Waals surface area (Å²) < 4.78 is 13.6. The molecule has 158 valence electrons. The molecule has 3 aromatic rings. The van der Waals surface area contributed by atoms with E-state index in [9.17, 15) is 0 Å². The molecule has 0 unspecified atom stereocenters. The van der Waals surface area contributed by atoms with Crippen molar-refractivity contribution >= 4 is 0 Å². The summed E-state index contributed by atoms with van der Waals surface area (Å²) in [7, 11) is 1.72. The van der Waals surface area contributed by atoms with Crippen molar-refractivity contribution in [2.45, 2.75) is 52.0 Å². The van der Waals surface area contributed by atoms with Crippen LogP contribution in [-0.2, 0) is 13.0 Å². The van der Waals surface area contributed by atoms with Gasteiger partial charge in [-0.05, 0) is 55.5 Å². The smallest absolute Gasteiger partial charge is 0.128 e. The van der Waals surface area contributed by atoms with Gasteiger partial charge in [-0.2, -0.15) is 0 Å². The van der Waals surface area contributed by atoms with Gasteiger partial charge in [0.15, 0.2) is 0 Å². The van der Waals surface area contributed by atoms with Crippen molar-refractivity contribution in [3.63, 3.8) is 0 Å². The van der Waals surface area contributed by atoms with Crippen LogP contribution in [0.2, 0.25) is 0 Å². The highest BCUT2D eigenvalue weighted by molar-refractivity contribution is 5.66. The van der Waals surface area contributed by atoms with Gasteiger partial charge in [0.2, 0.25) is 0 Å². The number of methoxy groups -OCH3 is 1. The highest BCUT2D eigenvalue weighted by Gasteiger charge is 2.18. The molecular weight excluding hydrogens is 372 g/mol. The first-order valence-electron chi connectivity index (χ1n) is 11.2. The van der Waals surface area contributed by atoms with Gasteiger partial charge < -0.3 is 14.0 Å². The van der Waals surface area contributed by atoms with E-state index in [1.807, 2.05) is 37.3 Å². The van der Waals surface area contributed by atoms with E-state index in [2.05, 4.69) is 29.0 Å². The predicted octanol–water partition coefficient (Wildman–Crippen LogP) is 6.13. The van der Waals surface area contributed by atoms with Gasteiger partial charge in [0.1, 0.15) is 17.3 Å². The lowest BCUT2D eigenvalue weighted by Crippen LogP contribution is -2.15. The number of imidazole rings is 1. The summed E-state index contributed by atoms with van der Waals surface area (Å²) >= 11 is 0. The maximum atomic E-state index is 5.59. The maximum Gasteiger partial charge on any atom is 0.128 e. The fourth-order valence-corrected chi connectivity index (χ4v) is 4.44. The number of para-hydroxylation sites is 1. The highest BCUT2D eigenvalue weighted by Crippen LogP contribution is 2.31. The van der Waals surface area contributed by atoms with E-state index in [0.29, 0.717) is 6.61 Å². The van der Waals surface area contributed by atoms with Crippen molar-refractivity contribution in [1.82, 2.24) is 9.55 Å². The van der Waals surface area contributed by atoms with Crippen LogP contribution in [0, 0.1) is 5.92 Å².